The third kappa shape index (κ3) is 3.42. The highest BCUT2D eigenvalue weighted by Gasteiger charge is 1.97. The lowest BCUT2D eigenvalue weighted by Gasteiger charge is -2.18. The fraction of sp³-hybridized carbons (Fsp3) is 0.364. The molecule has 0 aliphatic carbocycles. The van der Waals surface area contributed by atoms with E-state index in [0.29, 0.717) is 6.54 Å². The lowest BCUT2D eigenvalue weighted by Crippen LogP contribution is -2.18. The predicted octanol–water partition coefficient (Wildman–Crippen LogP) is 1.85. The van der Waals surface area contributed by atoms with E-state index in [4.69, 9.17) is 0 Å². The molecule has 3 heteroatoms. The molecule has 0 aliphatic heterocycles. The van der Waals surface area contributed by atoms with E-state index in [1.54, 1.807) is 0 Å². The van der Waals surface area contributed by atoms with Crippen molar-refractivity contribution in [2.24, 2.45) is 4.99 Å². The van der Waals surface area contributed by atoms with Crippen molar-refractivity contribution in [1.29, 1.82) is 0 Å². The Labute approximate surface area is 84.1 Å². The van der Waals surface area contributed by atoms with Gasteiger partial charge in [-0.3, -0.25) is 0 Å². The minimum atomic E-state index is 0.556. The van der Waals surface area contributed by atoms with Crippen LogP contribution in [0.25, 0.3) is 0 Å². The molecule has 0 unspecified atom stereocenters. The molecular formula is C11H14N2O. The maximum absolute atomic E-state index is 9.81. The number of para-hydroxylation sites is 1. The van der Waals surface area contributed by atoms with Crippen LogP contribution in [0.5, 0.6) is 0 Å². The topological polar surface area (TPSA) is 32.7 Å². The second kappa shape index (κ2) is 5.95. The van der Waals surface area contributed by atoms with Crippen molar-refractivity contribution < 1.29 is 4.79 Å². The molecule has 0 radical (unpaired) electrons. The van der Waals surface area contributed by atoms with E-state index in [0.717, 1.165) is 13.0 Å². The molecule has 0 spiro atoms. The van der Waals surface area contributed by atoms with Crippen LogP contribution in [0.15, 0.2) is 35.3 Å². The number of aliphatic imine (C=N–C) groups is 1. The van der Waals surface area contributed by atoms with Gasteiger partial charge in [0, 0.05) is 19.3 Å². The highest BCUT2D eigenvalue weighted by atomic mass is 16.1. The highest BCUT2D eigenvalue weighted by Crippen LogP contribution is 2.10. The van der Waals surface area contributed by atoms with Crippen molar-refractivity contribution in [2.75, 3.05) is 25.0 Å². The summed E-state index contributed by atoms with van der Waals surface area (Å²) >= 11 is 0. The van der Waals surface area contributed by atoms with Gasteiger partial charge in [-0.2, -0.15) is 0 Å². The number of anilines is 1. The molecule has 74 valence electrons. The van der Waals surface area contributed by atoms with E-state index in [2.05, 4.69) is 22.0 Å². The molecule has 1 aromatic rings. The molecular weight excluding hydrogens is 176 g/mol. The fourth-order valence-electron chi connectivity index (χ4n) is 1.24. The molecule has 0 aromatic heterocycles. The molecule has 0 amide bonds. The summed E-state index contributed by atoms with van der Waals surface area (Å²) in [6.45, 7) is 1.45. The van der Waals surface area contributed by atoms with E-state index < -0.39 is 0 Å². The fourth-order valence-corrected chi connectivity index (χ4v) is 1.24. The van der Waals surface area contributed by atoms with Gasteiger partial charge in [0.2, 0.25) is 6.08 Å². The normalized spacial score (nSPS) is 9.21. The average Bonchev–Trinajstić information content (AvgIpc) is 2.25. The van der Waals surface area contributed by atoms with E-state index in [1.807, 2.05) is 25.2 Å². The molecule has 0 fully saturated rings. The van der Waals surface area contributed by atoms with E-state index in [-0.39, 0.29) is 0 Å². The summed E-state index contributed by atoms with van der Waals surface area (Å²) in [4.78, 5) is 15.5. The van der Waals surface area contributed by atoms with Crippen LogP contribution < -0.4 is 4.90 Å². The average molecular weight is 190 g/mol. The quantitative estimate of drug-likeness (QED) is 0.403. The maximum atomic E-state index is 9.81. The summed E-state index contributed by atoms with van der Waals surface area (Å²) in [6.07, 6.45) is 2.41. The van der Waals surface area contributed by atoms with Crippen LogP contribution in [0.4, 0.5) is 5.69 Å². The van der Waals surface area contributed by atoms with Crippen LogP contribution in [0.1, 0.15) is 6.42 Å². The molecule has 0 saturated heterocycles. The van der Waals surface area contributed by atoms with E-state index >= 15 is 0 Å². The minimum Gasteiger partial charge on any atom is -0.375 e. The monoisotopic (exact) mass is 190 g/mol. The second-order valence-corrected chi connectivity index (χ2v) is 3.08. The molecule has 1 aromatic carbocycles. The number of benzene rings is 1. The van der Waals surface area contributed by atoms with Crippen LogP contribution in [0.2, 0.25) is 0 Å². The number of nitrogens with zero attached hydrogens (tertiary/aromatic N) is 2. The Bertz CT molecular complexity index is 304. The third-order valence-electron chi connectivity index (χ3n) is 2.02. The largest absolute Gasteiger partial charge is 0.375 e. The first-order chi connectivity index (χ1) is 6.84. The van der Waals surface area contributed by atoms with Crippen molar-refractivity contribution in [1.82, 2.24) is 0 Å². The maximum Gasteiger partial charge on any atom is 0.234 e. The van der Waals surface area contributed by atoms with Crippen molar-refractivity contribution in [3.05, 3.63) is 30.3 Å². The SMILES string of the molecule is CN(CCCN=C=O)c1ccccc1. The Morgan fingerprint density at radius 3 is 2.71 bits per heavy atom. The summed E-state index contributed by atoms with van der Waals surface area (Å²) in [7, 11) is 2.03. The van der Waals surface area contributed by atoms with Gasteiger partial charge in [-0.25, -0.2) is 9.79 Å². The van der Waals surface area contributed by atoms with Crippen LogP contribution in [0, 0.1) is 0 Å². The number of hydrogen-bond acceptors (Lipinski definition) is 3. The lowest BCUT2D eigenvalue weighted by atomic mass is 10.3. The highest BCUT2D eigenvalue weighted by molar-refractivity contribution is 5.44. The first-order valence-electron chi connectivity index (χ1n) is 4.64. The summed E-state index contributed by atoms with van der Waals surface area (Å²) in [5.74, 6) is 0. The predicted molar refractivity (Wildman–Crippen MR) is 57.3 cm³/mol. The molecule has 1 rings (SSSR count). The first kappa shape index (κ1) is 10.5. The summed E-state index contributed by atoms with van der Waals surface area (Å²) in [5.41, 5.74) is 1.18. The van der Waals surface area contributed by atoms with Gasteiger partial charge in [0.05, 0.1) is 6.54 Å². The molecule has 14 heavy (non-hydrogen) atoms. The molecule has 0 aliphatic rings. The van der Waals surface area contributed by atoms with Gasteiger partial charge in [0.1, 0.15) is 0 Å². The Kier molecular flexibility index (Phi) is 4.45. The van der Waals surface area contributed by atoms with Crippen molar-refractivity contribution in [3.8, 4) is 0 Å². The molecule has 0 N–H and O–H groups in total. The van der Waals surface area contributed by atoms with Crippen LogP contribution in [0.3, 0.4) is 0 Å². The lowest BCUT2D eigenvalue weighted by molar-refractivity contribution is 0.562. The van der Waals surface area contributed by atoms with Crippen molar-refractivity contribution >= 4 is 11.8 Å². The Balaban J connectivity index is 2.35. The summed E-state index contributed by atoms with van der Waals surface area (Å²) < 4.78 is 0. The molecule has 0 atom stereocenters. The first-order valence-corrected chi connectivity index (χ1v) is 4.64. The molecule has 3 nitrogen and oxygen atoms in total. The van der Waals surface area contributed by atoms with Crippen LogP contribution in [-0.2, 0) is 4.79 Å². The minimum absolute atomic E-state index is 0.556. The smallest absolute Gasteiger partial charge is 0.234 e. The van der Waals surface area contributed by atoms with E-state index in [1.165, 1.54) is 11.8 Å². The van der Waals surface area contributed by atoms with Crippen molar-refractivity contribution in [3.63, 3.8) is 0 Å². The number of isocyanates is 1. The zero-order chi connectivity index (χ0) is 10.2. The Morgan fingerprint density at radius 1 is 1.36 bits per heavy atom. The summed E-state index contributed by atoms with van der Waals surface area (Å²) in [6, 6.07) is 10.1. The van der Waals surface area contributed by atoms with Gasteiger partial charge in [-0.1, -0.05) is 18.2 Å². The van der Waals surface area contributed by atoms with Gasteiger partial charge in [-0.15, -0.1) is 0 Å². The van der Waals surface area contributed by atoms with Gasteiger partial charge >= 0.3 is 0 Å². The zero-order valence-electron chi connectivity index (χ0n) is 8.31. The number of rotatable bonds is 5. The second-order valence-electron chi connectivity index (χ2n) is 3.08. The Hall–Kier alpha value is -1.60. The molecule has 0 bridgehead atoms. The number of carbonyl (C=O) groups excluding carboxylic acids is 1. The van der Waals surface area contributed by atoms with Crippen LogP contribution in [-0.4, -0.2) is 26.2 Å². The zero-order valence-corrected chi connectivity index (χ0v) is 8.31. The van der Waals surface area contributed by atoms with Gasteiger partial charge in [0.15, 0.2) is 0 Å². The summed E-state index contributed by atoms with van der Waals surface area (Å²) in [5, 5.41) is 0. The molecule has 0 heterocycles. The third-order valence-corrected chi connectivity index (χ3v) is 2.02. The number of hydrogen-bond donors (Lipinski definition) is 0. The van der Waals surface area contributed by atoms with Crippen LogP contribution >= 0.6 is 0 Å². The van der Waals surface area contributed by atoms with Crippen molar-refractivity contribution in [2.45, 2.75) is 6.42 Å². The molecule has 0 saturated carbocycles. The van der Waals surface area contributed by atoms with Gasteiger partial charge < -0.3 is 4.90 Å². The van der Waals surface area contributed by atoms with Gasteiger partial charge in [-0.05, 0) is 18.6 Å². The standard InChI is InChI=1S/C11H14N2O/c1-13(9-5-8-12-10-14)11-6-3-2-4-7-11/h2-4,6-7H,5,8-9H2,1H3. The van der Waals surface area contributed by atoms with E-state index in [9.17, 15) is 4.79 Å². The Morgan fingerprint density at radius 2 is 2.07 bits per heavy atom. The van der Waals surface area contributed by atoms with Gasteiger partial charge in [0.25, 0.3) is 0 Å².